The number of fused-ring (bicyclic) bond motifs is 10. The Morgan fingerprint density at radius 3 is 2.23 bits per heavy atom. The fourth-order valence-corrected chi connectivity index (χ4v) is 7.22. The molecule has 2 nitrogen and oxygen atoms in total. The summed E-state index contributed by atoms with van der Waals surface area (Å²) in [5.41, 5.74) is 7.37. The molecule has 3 aromatic heterocycles. The molecule has 0 spiro atoms. The molecule has 3 heteroatoms. The van der Waals surface area contributed by atoms with Gasteiger partial charge >= 0.3 is 0 Å². The number of para-hydroxylation sites is 1. The predicted octanol–water partition coefficient (Wildman–Crippen LogP) is 11.2. The fraction of sp³-hybridized carbons (Fsp3) is 0.0270. The lowest BCUT2D eigenvalue weighted by Crippen LogP contribution is -1.98. The van der Waals surface area contributed by atoms with E-state index in [2.05, 4.69) is 103 Å². The number of nitrogens with zero attached hydrogens (tertiary/aromatic N) is 2. The van der Waals surface area contributed by atoms with E-state index >= 15 is 0 Å². The maximum Gasteiger partial charge on any atom is 0.0727 e. The number of hydrogen-bond acceptors (Lipinski definition) is 1. The lowest BCUT2D eigenvalue weighted by molar-refractivity contribution is 1.16. The topological polar surface area (TPSA) is 9.86 Å². The highest BCUT2D eigenvalue weighted by atomic mass is 32.1. The molecule has 40 heavy (non-hydrogen) atoms. The molecule has 0 aliphatic rings. The van der Waals surface area contributed by atoms with Crippen molar-refractivity contribution >= 4 is 87.8 Å². The second-order valence-electron chi connectivity index (χ2n) is 9.56. The minimum Gasteiger partial charge on any atom is -0.309 e. The maximum atomic E-state index is 4.51. The lowest BCUT2D eigenvalue weighted by Gasteiger charge is -2.12. The molecule has 0 bridgehead atoms. The molecule has 0 aliphatic heterocycles. The van der Waals surface area contributed by atoms with E-state index in [0.29, 0.717) is 0 Å². The van der Waals surface area contributed by atoms with Gasteiger partial charge in [0.05, 0.1) is 26.9 Å². The third kappa shape index (κ3) is 3.48. The van der Waals surface area contributed by atoms with Gasteiger partial charge in [0.2, 0.25) is 0 Å². The molecule has 0 amide bonds. The number of rotatable bonds is 8. The van der Waals surface area contributed by atoms with Gasteiger partial charge in [0.25, 0.3) is 0 Å². The van der Waals surface area contributed by atoms with Crippen LogP contribution in [-0.4, -0.2) is 9.13 Å². The highest BCUT2D eigenvalue weighted by molar-refractivity contribution is 7.27. The van der Waals surface area contributed by atoms with Crippen LogP contribution >= 0.6 is 11.3 Å². The fourth-order valence-electron chi connectivity index (χ4n) is 5.98. The Kier molecular flexibility index (Phi) is 6.37. The van der Waals surface area contributed by atoms with Crippen molar-refractivity contribution in [1.82, 2.24) is 9.13 Å². The van der Waals surface area contributed by atoms with Crippen molar-refractivity contribution in [2.75, 3.05) is 0 Å². The van der Waals surface area contributed by atoms with Gasteiger partial charge in [0.1, 0.15) is 0 Å². The van der Waals surface area contributed by atoms with E-state index in [1.165, 1.54) is 30.9 Å². The van der Waals surface area contributed by atoms with Gasteiger partial charge in [-0.2, -0.15) is 0 Å². The summed E-state index contributed by atoms with van der Waals surface area (Å²) in [6.07, 6.45) is 17.7. The van der Waals surface area contributed by atoms with E-state index in [9.17, 15) is 0 Å². The van der Waals surface area contributed by atoms with E-state index < -0.39 is 0 Å². The number of thiophene rings is 1. The first kappa shape index (κ1) is 25.4. The Labute approximate surface area is 238 Å². The quantitative estimate of drug-likeness (QED) is 0.172. The number of benzene rings is 3. The van der Waals surface area contributed by atoms with Crippen molar-refractivity contribution in [2.24, 2.45) is 0 Å². The summed E-state index contributed by atoms with van der Waals surface area (Å²) in [6.45, 7) is 23.0. The van der Waals surface area contributed by atoms with Crippen molar-refractivity contribution in [2.45, 2.75) is 6.92 Å². The SMILES string of the molecule is C=C/C=C\C(=C)n1c2ccccc2c2c3c(C=C)c(C=C)n(C(/C=C\C)=C/C=C)c3c3sc4ccccc4c3c21. The molecule has 0 unspecified atom stereocenters. The van der Waals surface area contributed by atoms with Gasteiger partial charge in [-0.15, -0.1) is 11.3 Å². The smallest absolute Gasteiger partial charge is 0.0727 e. The zero-order chi connectivity index (χ0) is 28.0. The summed E-state index contributed by atoms with van der Waals surface area (Å²) < 4.78 is 7.07. The van der Waals surface area contributed by atoms with Gasteiger partial charge in [0.15, 0.2) is 0 Å². The van der Waals surface area contributed by atoms with Crippen molar-refractivity contribution in [3.63, 3.8) is 0 Å². The molecule has 6 aromatic rings. The number of allylic oxidation sites excluding steroid dienone is 9. The van der Waals surface area contributed by atoms with Crippen LogP contribution in [0.1, 0.15) is 18.2 Å². The number of hydrogen-bond donors (Lipinski definition) is 0. The first-order chi connectivity index (χ1) is 19.6. The predicted molar refractivity (Wildman–Crippen MR) is 182 cm³/mol. The largest absolute Gasteiger partial charge is 0.309 e. The maximum absolute atomic E-state index is 4.51. The van der Waals surface area contributed by atoms with Crippen molar-refractivity contribution < 1.29 is 0 Å². The minimum atomic E-state index is 0.881. The minimum absolute atomic E-state index is 0.881. The zero-order valence-electron chi connectivity index (χ0n) is 22.7. The lowest BCUT2D eigenvalue weighted by atomic mass is 10.0. The molecule has 0 saturated heterocycles. The molecule has 194 valence electrons. The van der Waals surface area contributed by atoms with E-state index in [-0.39, 0.29) is 0 Å². The average molecular weight is 535 g/mol. The van der Waals surface area contributed by atoms with Gasteiger partial charge in [-0.25, -0.2) is 0 Å². The van der Waals surface area contributed by atoms with Crippen LogP contribution in [0.3, 0.4) is 0 Å². The normalized spacial score (nSPS) is 12.6. The third-order valence-electron chi connectivity index (χ3n) is 7.41. The summed E-state index contributed by atoms with van der Waals surface area (Å²) >= 11 is 1.82. The monoisotopic (exact) mass is 534 g/mol. The highest BCUT2D eigenvalue weighted by Crippen LogP contribution is 2.50. The molecule has 0 radical (unpaired) electrons. The van der Waals surface area contributed by atoms with Crippen LogP contribution in [-0.2, 0) is 0 Å². The van der Waals surface area contributed by atoms with Crippen LogP contribution in [0.25, 0.3) is 76.4 Å². The van der Waals surface area contributed by atoms with E-state index in [1.807, 2.05) is 54.7 Å². The number of aromatic nitrogens is 2. The van der Waals surface area contributed by atoms with E-state index in [0.717, 1.165) is 44.6 Å². The Morgan fingerprint density at radius 1 is 0.775 bits per heavy atom. The van der Waals surface area contributed by atoms with Crippen LogP contribution in [0.15, 0.2) is 124 Å². The van der Waals surface area contributed by atoms with Crippen molar-refractivity contribution in [3.05, 3.63) is 135 Å². The van der Waals surface area contributed by atoms with Gasteiger partial charge in [-0.1, -0.05) is 99.7 Å². The molecule has 0 fully saturated rings. The van der Waals surface area contributed by atoms with Gasteiger partial charge in [-0.05, 0) is 43.4 Å². The van der Waals surface area contributed by atoms with E-state index in [1.54, 1.807) is 6.08 Å². The first-order valence-corrected chi connectivity index (χ1v) is 14.1. The van der Waals surface area contributed by atoms with Gasteiger partial charge in [-0.3, -0.25) is 0 Å². The molecule has 0 aliphatic carbocycles. The Hall–Kier alpha value is -4.86. The third-order valence-corrected chi connectivity index (χ3v) is 8.59. The second-order valence-corrected chi connectivity index (χ2v) is 10.6. The summed E-state index contributed by atoms with van der Waals surface area (Å²) in [5.74, 6) is 0. The molecular formula is C37H30N2S. The first-order valence-electron chi connectivity index (χ1n) is 13.2. The molecule has 0 atom stereocenters. The van der Waals surface area contributed by atoms with Crippen molar-refractivity contribution in [3.8, 4) is 0 Å². The molecule has 3 heterocycles. The van der Waals surface area contributed by atoms with Gasteiger partial charge < -0.3 is 9.13 Å². The van der Waals surface area contributed by atoms with Crippen molar-refractivity contribution in [1.29, 1.82) is 0 Å². The Bertz CT molecular complexity index is 2150. The summed E-state index contributed by atoms with van der Waals surface area (Å²) in [4.78, 5) is 0. The van der Waals surface area contributed by atoms with Crippen LogP contribution in [0.2, 0.25) is 0 Å². The molecule has 0 N–H and O–H groups in total. The highest BCUT2D eigenvalue weighted by Gasteiger charge is 2.27. The standard InChI is InChI=1S/C37H30N2S/c1-7-12-19-24(6)38-30-22-15-13-20-27(30)33-32-26(10-4)29(11-5)39(25(17-8-2)18-9-3)36(32)37-34(35(33)38)28-21-14-16-23-31(28)40-37/h7-23H,1-2,4-6H2,3H3/b18-9-,19-12-,25-17+. The summed E-state index contributed by atoms with van der Waals surface area (Å²) in [6, 6.07) is 17.3. The Morgan fingerprint density at radius 2 is 1.52 bits per heavy atom. The zero-order valence-corrected chi connectivity index (χ0v) is 23.5. The van der Waals surface area contributed by atoms with Crippen LogP contribution in [0.5, 0.6) is 0 Å². The second kappa shape index (κ2) is 10.0. The van der Waals surface area contributed by atoms with Gasteiger partial charge in [0, 0.05) is 48.6 Å². The molecular weight excluding hydrogens is 504 g/mol. The van der Waals surface area contributed by atoms with Crippen LogP contribution in [0.4, 0.5) is 0 Å². The summed E-state index contributed by atoms with van der Waals surface area (Å²) in [7, 11) is 0. The van der Waals surface area contributed by atoms with Crippen LogP contribution in [0, 0.1) is 0 Å². The average Bonchev–Trinajstić information content (AvgIpc) is 3.62. The Balaban J connectivity index is 2.05. The van der Waals surface area contributed by atoms with Crippen LogP contribution < -0.4 is 0 Å². The molecule has 3 aromatic carbocycles. The molecule has 6 rings (SSSR count). The van der Waals surface area contributed by atoms with E-state index in [4.69, 9.17) is 0 Å². The molecule has 0 saturated carbocycles. The summed E-state index contributed by atoms with van der Waals surface area (Å²) in [5, 5.41) is 5.96.